The summed E-state index contributed by atoms with van der Waals surface area (Å²) in [5.74, 6) is -3.87. The van der Waals surface area contributed by atoms with Crippen LogP contribution >= 0.6 is 0 Å². The van der Waals surface area contributed by atoms with E-state index in [1.807, 2.05) is 13.8 Å². The van der Waals surface area contributed by atoms with Crippen molar-refractivity contribution < 1.29 is 22.7 Å². The van der Waals surface area contributed by atoms with E-state index in [0.717, 1.165) is 6.07 Å². The number of esters is 1. The van der Waals surface area contributed by atoms with E-state index >= 15 is 0 Å². The Morgan fingerprint density at radius 2 is 1.93 bits per heavy atom. The van der Waals surface area contributed by atoms with Crippen LogP contribution in [-0.4, -0.2) is 22.2 Å². The normalized spacial score (nSPS) is 11.4. The topological polar surface area (TPSA) is 43.6 Å². The second-order valence-electron chi connectivity index (χ2n) is 6.57. The molecule has 0 aliphatic heterocycles. The van der Waals surface area contributed by atoms with E-state index in [-0.39, 0.29) is 23.8 Å². The van der Waals surface area contributed by atoms with Crippen molar-refractivity contribution in [1.29, 1.82) is 0 Å². The number of rotatable bonds is 4. The molecule has 0 saturated heterocycles. The monoisotopic (exact) mass is 376 g/mol. The lowest BCUT2D eigenvalue weighted by Gasteiger charge is -2.14. The van der Waals surface area contributed by atoms with Crippen LogP contribution in [0.25, 0.3) is 16.8 Å². The lowest BCUT2D eigenvalue weighted by atomic mass is 9.98. The van der Waals surface area contributed by atoms with E-state index in [0.29, 0.717) is 28.3 Å². The Labute approximate surface area is 154 Å². The Morgan fingerprint density at radius 1 is 1.22 bits per heavy atom. The summed E-state index contributed by atoms with van der Waals surface area (Å²) in [6, 6.07) is 3.15. The SMILES string of the molecule is CCOC(=O)c1cnn2c(-c3cc(F)cc(F)c3F)c(C)cc2c1C(C)C. The highest BCUT2D eigenvalue weighted by molar-refractivity contribution is 5.93. The van der Waals surface area contributed by atoms with Crippen LogP contribution in [0.5, 0.6) is 0 Å². The average molecular weight is 376 g/mol. The molecule has 0 saturated carbocycles. The molecule has 0 bridgehead atoms. The highest BCUT2D eigenvalue weighted by atomic mass is 19.2. The van der Waals surface area contributed by atoms with Crippen molar-refractivity contribution in [3.63, 3.8) is 0 Å². The van der Waals surface area contributed by atoms with Gasteiger partial charge in [-0.15, -0.1) is 0 Å². The van der Waals surface area contributed by atoms with E-state index in [1.165, 1.54) is 10.7 Å². The molecular weight excluding hydrogens is 357 g/mol. The summed E-state index contributed by atoms with van der Waals surface area (Å²) >= 11 is 0. The van der Waals surface area contributed by atoms with Gasteiger partial charge in [-0.2, -0.15) is 5.10 Å². The van der Waals surface area contributed by atoms with Crippen molar-refractivity contribution >= 4 is 11.5 Å². The van der Waals surface area contributed by atoms with Crippen LogP contribution in [0.4, 0.5) is 13.2 Å². The number of aryl methyl sites for hydroxylation is 1. The predicted octanol–water partition coefficient (Wildman–Crippen LogP) is 5.03. The summed E-state index contributed by atoms with van der Waals surface area (Å²) < 4.78 is 48.3. The first kappa shape index (κ1) is 18.9. The van der Waals surface area contributed by atoms with E-state index in [4.69, 9.17) is 4.74 Å². The van der Waals surface area contributed by atoms with Crippen molar-refractivity contribution in [3.8, 4) is 11.3 Å². The number of ether oxygens (including phenoxy) is 1. The van der Waals surface area contributed by atoms with Gasteiger partial charge < -0.3 is 4.74 Å². The number of benzene rings is 1. The van der Waals surface area contributed by atoms with Crippen molar-refractivity contribution in [3.05, 3.63) is 58.5 Å². The maximum Gasteiger partial charge on any atom is 0.340 e. The molecule has 3 rings (SSSR count). The molecule has 0 unspecified atom stereocenters. The zero-order chi connectivity index (χ0) is 19.9. The molecule has 27 heavy (non-hydrogen) atoms. The van der Waals surface area contributed by atoms with Gasteiger partial charge in [0.1, 0.15) is 5.82 Å². The second-order valence-corrected chi connectivity index (χ2v) is 6.57. The fraction of sp³-hybridized carbons (Fsp3) is 0.300. The smallest absolute Gasteiger partial charge is 0.340 e. The number of hydrogen-bond acceptors (Lipinski definition) is 3. The minimum Gasteiger partial charge on any atom is -0.462 e. The molecule has 0 spiro atoms. The maximum absolute atomic E-state index is 14.4. The quantitative estimate of drug-likeness (QED) is 0.474. The number of aromatic nitrogens is 2. The Kier molecular flexibility index (Phi) is 4.95. The van der Waals surface area contributed by atoms with Crippen LogP contribution in [0.15, 0.2) is 24.4 Å². The molecule has 7 heteroatoms. The van der Waals surface area contributed by atoms with E-state index in [9.17, 15) is 18.0 Å². The largest absolute Gasteiger partial charge is 0.462 e. The van der Waals surface area contributed by atoms with Crippen LogP contribution in [-0.2, 0) is 4.74 Å². The van der Waals surface area contributed by atoms with Crippen LogP contribution in [0, 0.1) is 24.4 Å². The summed E-state index contributed by atoms with van der Waals surface area (Å²) in [6.45, 7) is 7.44. The predicted molar refractivity (Wildman–Crippen MR) is 95.3 cm³/mol. The summed E-state index contributed by atoms with van der Waals surface area (Å²) in [4.78, 5) is 12.3. The zero-order valence-corrected chi connectivity index (χ0v) is 15.4. The minimum atomic E-state index is -1.27. The van der Waals surface area contributed by atoms with Crippen LogP contribution in [0.3, 0.4) is 0 Å². The third-order valence-corrected chi connectivity index (χ3v) is 4.36. The summed E-state index contributed by atoms with van der Waals surface area (Å²) in [6.07, 6.45) is 1.34. The molecule has 1 aromatic carbocycles. The molecule has 4 nitrogen and oxygen atoms in total. The summed E-state index contributed by atoms with van der Waals surface area (Å²) in [5.41, 5.74) is 2.14. The van der Waals surface area contributed by atoms with E-state index in [2.05, 4.69) is 5.10 Å². The first-order chi connectivity index (χ1) is 12.8. The number of nitrogens with zero attached hydrogens (tertiary/aromatic N) is 2. The highest BCUT2D eigenvalue weighted by Crippen LogP contribution is 2.34. The molecule has 142 valence electrons. The molecule has 0 N–H and O–H groups in total. The fourth-order valence-corrected chi connectivity index (χ4v) is 3.29. The Morgan fingerprint density at radius 3 is 2.56 bits per heavy atom. The van der Waals surface area contributed by atoms with E-state index in [1.54, 1.807) is 19.9 Å². The van der Waals surface area contributed by atoms with Gasteiger partial charge in [0.25, 0.3) is 0 Å². The molecule has 0 aliphatic carbocycles. The Hall–Kier alpha value is -2.83. The van der Waals surface area contributed by atoms with Gasteiger partial charge in [0, 0.05) is 11.6 Å². The number of fused-ring (bicyclic) bond motifs is 1. The van der Waals surface area contributed by atoms with Crippen LogP contribution in [0.1, 0.15) is 48.2 Å². The van der Waals surface area contributed by atoms with Gasteiger partial charge in [0.05, 0.1) is 29.6 Å². The molecule has 0 aliphatic rings. The highest BCUT2D eigenvalue weighted by Gasteiger charge is 2.24. The van der Waals surface area contributed by atoms with Gasteiger partial charge in [0.15, 0.2) is 11.6 Å². The van der Waals surface area contributed by atoms with Crippen LogP contribution in [0.2, 0.25) is 0 Å². The first-order valence-electron chi connectivity index (χ1n) is 8.59. The van der Waals surface area contributed by atoms with Gasteiger partial charge in [-0.05, 0) is 43.0 Å². The lowest BCUT2D eigenvalue weighted by molar-refractivity contribution is 0.0524. The molecular formula is C20H19F3N2O2. The fourth-order valence-electron chi connectivity index (χ4n) is 3.29. The van der Waals surface area contributed by atoms with Gasteiger partial charge in [-0.25, -0.2) is 22.5 Å². The molecule has 3 aromatic rings. The lowest BCUT2D eigenvalue weighted by Crippen LogP contribution is -2.12. The summed E-state index contributed by atoms with van der Waals surface area (Å²) in [5, 5.41) is 4.23. The number of halogens is 3. The molecule has 0 radical (unpaired) electrons. The summed E-state index contributed by atoms with van der Waals surface area (Å²) in [7, 11) is 0. The van der Waals surface area contributed by atoms with Gasteiger partial charge in [-0.3, -0.25) is 0 Å². The molecule has 2 heterocycles. The third kappa shape index (κ3) is 3.18. The average Bonchev–Trinajstić information content (AvgIpc) is 2.92. The van der Waals surface area contributed by atoms with Gasteiger partial charge >= 0.3 is 5.97 Å². The second kappa shape index (κ2) is 7.06. The molecule has 2 aromatic heterocycles. The number of hydrogen-bond donors (Lipinski definition) is 0. The molecule has 0 amide bonds. The van der Waals surface area contributed by atoms with Crippen molar-refractivity contribution in [2.75, 3.05) is 6.61 Å². The van der Waals surface area contributed by atoms with Gasteiger partial charge in [-0.1, -0.05) is 13.8 Å². The van der Waals surface area contributed by atoms with Crippen molar-refractivity contribution in [1.82, 2.24) is 9.61 Å². The molecule has 0 atom stereocenters. The van der Waals surface area contributed by atoms with Gasteiger partial charge in [0.2, 0.25) is 0 Å². The zero-order valence-electron chi connectivity index (χ0n) is 15.4. The Bertz CT molecular complexity index is 1040. The maximum atomic E-state index is 14.4. The first-order valence-corrected chi connectivity index (χ1v) is 8.59. The minimum absolute atomic E-state index is 0.0638. The van der Waals surface area contributed by atoms with Crippen molar-refractivity contribution in [2.24, 2.45) is 0 Å². The Balaban J connectivity index is 2.34. The van der Waals surface area contributed by atoms with E-state index < -0.39 is 23.4 Å². The number of carbonyl (C=O) groups is 1. The van der Waals surface area contributed by atoms with Crippen LogP contribution < -0.4 is 0 Å². The standard InChI is InChI=1S/C20H19F3N2O2/c1-5-27-20(26)14-9-24-25-16(17(14)10(2)3)6-11(4)19(25)13-7-12(21)8-15(22)18(13)23/h6-10H,5H2,1-4H3. The number of carbonyl (C=O) groups excluding carboxylic acids is 1. The van der Waals surface area contributed by atoms with Crippen molar-refractivity contribution in [2.45, 2.75) is 33.6 Å². The molecule has 0 fully saturated rings. The third-order valence-electron chi connectivity index (χ3n) is 4.36.